The van der Waals surface area contributed by atoms with Crippen LogP contribution >= 0.6 is 0 Å². The normalized spacial score (nSPS) is 13.1. The lowest BCUT2D eigenvalue weighted by Gasteiger charge is -2.19. The summed E-state index contributed by atoms with van der Waals surface area (Å²) in [6, 6.07) is 2.51. The molecular weight excluding hydrogens is 286 g/mol. The van der Waals surface area contributed by atoms with Gasteiger partial charge in [0.05, 0.1) is 0 Å². The van der Waals surface area contributed by atoms with Crippen molar-refractivity contribution in [3.8, 4) is 0 Å². The Morgan fingerprint density at radius 3 is 2.73 bits per heavy atom. The Labute approximate surface area is 127 Å². The number of hydrogen-bond acceptors (Lipinski definition) is 5. The van der Waals surface area contributed by atoms with Gasteiger partial charge in [-0.3, -0.25) is 4.79 Å². The van der Waals surface area contributed by atoms with Crippen LogP contribution in [-0.4, -0.2) is 38.4 Å². The molecule has 0 aliphatic carbocycles. The van der Waals surface area contributed by atoms with E-state index in [-0.39, 0.29) is 6.42 Å². The van der Waals surface area contributed by atoms with Crippen LogP contribution in [0.3, 0.4) is 0 Å². The van der Waals surface area contributed by atoms with Crippen LogP contribution in [0.4, 0.5) is 4.79 Å². The lowest BCUT2D eigenvalue weighted by atomic mass is 10.1. The summed E-state index contributed by atoms with van der Waals surface area (Å²) >= 11 is 0. The SMILES string of the molecule is CC(C)(C)OC(=O)n1ccc2cc(C[C@@H](N)C(=O)O)cnc21. The van der Waals surface area contributed by atoms with E-state index in [4.69, 9.17) is 15.6 Å². The van der Waals surface area contributed by atoms with Crippen LogP contribution in [0.25, 0.3) is 11.0 Å². The molecule has 7 heteroatoms. The predicted octanol–water partition coefficient (Wildman–Crippen LogP) is 1.77. The second-order valence-corrected chi connectivity index (χ2v) is 6.07. The maximum absolute atomic E-state index is 12.1. The molecular formula is C15H19N3O4. The van der Waals surface area contributed by atoms with Crippen LogP contribution in [0.5, 0.6) is 0 Å². The van der Waals surface area contributed by atoms with E-state index in [0.29, 0.717) is 11.2 Å². The third-order valence-corrected chi connectivity index (χ3v) is 2.95. The highest BCUT2D eigenvalue weighted by Gasteiger charge is 2.20. The van der Waals surface area contributed by atoms with Crippen LogP contribution in [0.15, 0.2) is 24.5 Å². The number of rotatable bonds is 3. The summed E-state index contributed by atoms with van der Waals surface area (Å²) in [5.41, 5.74) is 6.07. The molecule has 0 radical (unpaired) electrons. The summed E-state index contributed by atoms with van der Waals surface area (Å²) in [6.07, 6.45) is 2.76. The summed E-state index contributed by atoms with van der Waals surface area (Å²) in [4.78, 5) is 27.1. The Balaban J connectivity index is 2.27. The topological polar surface area (TPSA) is 107 Å². The number of carbonyl (C=O) groups excluding carboxylic acids is 1. The lowest BCUT2D eigenvalue weighted by Crippen LogP contribution is -2.32. The Bertz CT molecular complexity index is 715. The number of fused-ring (bicyclic) bond motifs is 1. The molecule has 1 atom stereocenters. The molecule has 7 nitrogen and oxygen atoms in total. The van der Waals surface area contributed by atoms with Crippen molar-refractivity contribution in [3.63, 3.8) is 0 Å². The molecule has 22 heavy (non-hydrogen) atoms. The molecule has 0 aromatic carbocycles. The fraction of sp³-hybridized carbons (Fsp3) is 0.400. The zero-order chi connectivity index (χ0) is 16.5. The fourth-order valence-electron chi connectivity index (χ4n) is 1.98. The molecule has 2 rings (SSSR count). The fourth-order valence-corrected chi connectivity index (χ4v) is 1.98. The standard InChI is InChI=1S/C15H19N3O4/c1-15(2,3)22-14(21)18-5-4-10-6-9(8-17-12(10)18)7-11(16)13(19)20/h4-6,8,11H,7,16H2,1-3H3,(H,19,20)/t11-/m1/s1. The zero-order valence-electron chi connectivity index (χ0n) is 12.7. The van der Waals surface area contributed by atoms with Gasteiger partial charge in [0.15, 0.2) is 0 Å². The van der Waals surface area contributed by atoms with Gasteiger partial charge in [-0.2, -0.15) is 0 Å². The van der Waals surface area contributed by atoms with E-state index in [2.05, 4.69) is 4.98 Å². The number of carboxylic acids is 1. The predicted molar refractivity (Wildman–Crippen MR) is 80.7 cm³/mol. The number of hydrogen-bond donors (Lipinski definition) is 2. The van der Waals surface area contributed by atoms with E-state index in [9.17, 15) is 9.59 Å². The van der Waals surface area contributed by atoms with Crippen molar-refractivity contribution in [2.24, 2.45) is 5.73 Å². The van der Waals surface area contributed by atoms with E-state index in [1.165, 1.54) is 10.8 Å². The first-order valence-electron chi connectivity index (χ1n) is 6.85. The first kappa shape index (κ1) is 16.0. The van der Waals surface area contributed by atoms with Crippen molar-refractivity contribution in [2.75, 3.05) is 0 Å². The summed E-state index contributed by atoms with van der Waals surface area (Å²) < 4.78 is 6.62. The van der Waals surface area contributed by atoms with Gasteiger partial charge in [-0.15, -0.1) is 0 Å². The summed E-state index contributed by atoms with van der Waals surface area (Å²) in [5.74, 6) is -1.06. The molecule has 118 valence electrons. The van der Waals surface area contributed by atoms with Gasteiger partial charge in [-0.1, -0.05) is 0 Å². The molecule has 0 unspecified atom stereocenters. The van der Waals surface area contributed by atoms with Crippen LogP contribution in [0.2, 0.25) is 0 Å². The van der Waals surface area contributed by atoms with Crippen LogP contribution in [0.1, 0.15) is 26.3 Å². The van der Waals surface area contributed by atoms with Gasteiger partial charge in [-0.05, 0) is 44.9 Å². The number of nitrogens with zero attached hydrogens (tertiary/aromatic N) is 2. The maximum Gasteiger partial charge on any atom is 0.420 e. The first-order valence-corrected chi connectivity index (χ1v) is 6.85. The highest BCUT2D eigenvalue weighted by molar-refractivity contribution is 5.87. The highest BCUT2D eigenvalue weighted by atomic mass is 16.6. The van der Waals surface area contributed by atoms with Gasteiger partial charge in [0, 0.05) is 17.8 Å². The number of nitrogens with two attached hydrogens (primary N) is 1. The second kappa shape index (κ2) is 5.76. The number of aliphatic carboxylic acids is 1. The number of aromatic nitrogens is 2. The van der Waals surface area contributed by atoms with Crippen molar-refractivity contribution in [1.82, 2.24) is 9.55 Å². The number of carboxylic acid groups (broad SMARTS) is 1. The Morgan fingerprint density at radius 1 is 1.45 bits per heavy atom. The highest BCUT2D eigenvalue weighted by Crippen LogP contribution is 2.18. The molecule has 2 heterocycles. The Kier molecular flexibility index (Phi) is 4.18. The van der Waals surface area contributed by atoms with Crippen molar-refractivity contribution < 1.29 is 19.4 Å². The van der Waals surface area contributed by atoms with E-state index in [1.807, 2.05) is 0 Å². The van der Waals surface area contributed by atoms with Gasteiger partial charge in [0.1, 0.15) is 17.3 Å². The smallest absolute Gasteiger partial charge is 0.420 e. The molecule has 0 fully saturated rings. The van der Waals surface area contributed by atoms with Gasteiger partial charge in [0.2, 0.25) is 0 Å². The molecule has 0 spiro atoms. The summed E-state index contributed by atoms with van der Waals surface area (Å²) in [6.45, 7) is 5.36. The maximum atomic E-state index is 12.1. The third kappa shape index (κ3) is 3.62. The van der Waals surface area contributed by atoms with Crippen molar-refractivity contribution in [2.45, 2.75) is 38.8 Å². The Morgan fingerprint density at radius 2 is 2.14 bits per heavy atom. The molecule has 0 saturated carbocycles. The molecule has 0 bridgehead atoms. The second-order valence-electron chi connectivity index (χ2n) is 6.07. The van der Waals surface area contributed by atoms with Crippen molar-refractivity contribution in [1.29, 1.82) is 0 Å². The molecule has 2 aromatic rings. The lowest BCUT2D eigenvalue weighted by molar-refractivity contribution is -0.138. The number of ether oxygens (including phenoxy) is 1. The molecule has 2 aromatic heterocycles. The van der Waals surface area contributed by atoms with E-state index < -0.39 is 23.7 Å². The van der Waals surface area contributed by atoms with Crippen LogP contribution < -0.4 is 5.73 Å². The van der Waals surface area contributed by atoms with Crippen molar-refractivity contribution >= 4 is 23.1 Å². The van der Waals surface area contributed by atoms with Gasteiger partial charge < -0.3 is 15.6 Å². The molecule has 3 N–H and O–H groups in total. The zero-order valence-corrected chi connectivity index (χ0v) is 12.7. The van der Waals surface area contributed by atoms with E-state index >= 15 is 0 Å². The molecule has 0 amide bonds. The summed E-state index contributed by atoms with van der Waals surface area (Å²) in [7, 11) is 0. The third-order valence-electron chi connectivity index (χ3n) is 2.95. The molecule has 0 saturated heterocycles. The van der Waals surface area contributed by atoms with Crippen molar-refractivity contribution in [3.05, 3.63) is 30.1 Å². The number of pyridine rings is 1. The van der Waals surface area contributed by atoms with Gasteiger partial charge in [0.25, 0.3) is 0 Å². The van der Waals surface area contributed by atoms with Crippen LogP contribution in [-0.2, 0) is 16.0 Å². The molecule has 0 aliphatic heterocycles. The summed E-state index contributed by atoms with van der Waals surface area (Å²) in [5, 5.41) is 9.55. The largest absolute Gasteiger partial charge is 0.480 e. The van der Waals surface area contributed by atoms with Crippen LogP contribution in [0, 0.1) is 0 Å². The average Bonchev–Trinajstić information content (AvgIpc) is 2.79. The molecule has 0 aliphatic rings. The average molecular weight is 305 g/mol. The minimum Gasteiger partial charge on any atom is -0.480 e. The minimum atomic E-state index is -1.06. The first-order chi connectivity index (χ1) is 10.2. The minimum absolute atomic E-state index is 0.176. The number of carbonyl (C=O) groups is 2. The van der Waals surface area contributed by atoms with E-state index in [1.54, 1.807) is 39.1 Å². The monoisotopic (exact) mass is 305 g/mol. The van der Waals surface area contributed by atoms with Gasteiger partial charge in [-0.25, -0.2) is 14.3 Å². The Hall–Kier alpha value is -2.41. The van der Waals surface area contributed by atoms with Gasteiger partial charge >= 0.3 is 12.1 Å². The van der Waals surface area contributed by atoms with E-state index in [0.717, 1.165) is 5.39 Å². The quantitative estimate of drug-likeness (QED) is 0.895.